The van der Waals surface area contributed by atoms with Crippen LogP contribution in [0.4, 0.5) is 5.69 Å². The second-order valence-electron chi connectivity index (χ2n) is 5.22. The number of carbonyl (C=O) groups is 1. The van der Waals surface area contributed by atoms with Crippen LogP contribution < -0.4 is 14.8 Å². The number of ether oxygens (including phenoxy) is 2. The number of anilines is 1. The molecule has 0 heterocycles. The number of methoxy groups -OCH3 is 2. The van der Waals surface area contributed by atoms with Crippen LogP contribution in [0.25, 0.3) is 0 Å². The number of benzene rings is 2. The summed E-state index contributed by atoms with van der Waals surface area (Å²) in [7, 11) is 3.13. The third kappa shape index (κ3) is 4.47. The van der Waals surface area contributed by atoms with E-state index in [0.717, 1.165) is 11.1 Å². The normalized spacial score (nSPS) is 11.7. The summed E-state index contributed by atoms with van der Waals surface area (Å²) >= 11 is 0. The summed E-state index contributed by atoms with van der Waals surface area (Å²) in [4.78, 5) is 12.2. The number of rotatable bonds is 6. The minimum atomic E-state index is -0.572. The molecule has 2 N–H and O–H groups in total. The fraction of sp³-hybridized carbons (Fsp3) is 0.278. The molecule has 0 fully saturated rings. The first kappa shape index (κ1) is 16.8. The molecule has 5 heteroatoms. The van der Waals surface area contributed by atoms with Crippen LogP contribution in [0, 0.1) is 0 Å². The van der Waals surface area contributed by atoms with Gasteiger partial charge in [0, 0.05) is 5.69 Å². The summed E-state index contributed by atoms with van der Waals surface area (Å²) in [5, 5.41) is 12.4. The van der Waals surface area contributed by atoms with Gasteiger partial charge in [-0.15, -0.1) is 0 Å². The molecule has 0 aromatic heterocycles. The van der Waals surface area contributed by atoms with E-state index in [1.807, 2.05) is 12.1 Å². The van der Waals surface area contributed by atoms with E-state index in [4.69, 9.17) is 9.47 Å². The number of amides is 1. The zero-order chi connectivity index (χ0) is 16.8. The van der Waals surface area contributed by atoms with Gasteiger partial charge in [0.05, 0.1) is 26.7 Å². The molecule has 0 saturated carbocycles. The van der Waals surface area contributed by atoms with Crippen molar-refractivity contribution in [2.75, 3.05) is 19.5 Å². The minimum Gasteiger partial charge on any atom is -0.493 e. The Hall–Kier alpha value is -2.53. The Morgan fingerprint density at radius 3 is 2.52 bits per heavy atom. The second-order valence-corrected chi connectivity index (χ2v) is 5.22. The molecule has 1 unspecified atom stereocenters. The number of aliphatic hydroxyl groups is 1. The average Bonchev–Trinajstić information content (AvgIpc) is 2.54. The highest BCUT2D eigenvalue weighted by molar-refractivity contribution is 5.92. The zero-order valence-electron chi connectivity index (χ0n) is 13.5. The Balaban J connectivity index is 2.06. The molecule has 1 atom stereocenters. The lowest BCUT2D eigenvalue weighted by atomic mass is 10.1. The van der Waals surface area contributed by atoms with Crippen molar-refractivity contribution >= 4 is 11.6 Å². The van der Waals surface area contributed by atoms with Gasteiger partial charge in [0.25, 0.3) is 0 Å². The van der Waals surface area contributed by atoms with E-state index < -0.39 is 6.10 Å². The summed E-state index contributed by atoms with van der Waals surface area (Å²) in [6, 6.07) is 12.5. The van der Waals surface area contributed by atoms with E-state index >= 15 is 0 Å². The van der Waals surface area contributed by atoms with Crippen molar-refractivity contribution in [3.05, 3.63) is 53.6 Å². The van der Waals surface area contributed by atoms with Crippen molar-refractivity contribution in [2.45, 2.75) is 19.4 Å². The Kier molecular flexibility index (Phi) is 5.60. The van der Waals surface area contributed by atoms with Gasteiger partial charge in [0.1, 0.15) is 0 Å². The van der Waals surface area contributed by atoms with Crippen molar-refractivity contribution < 1.29 is 19.4 Å². The van der Waals surface area contributed by atoms with Gasteiger partial charge < -0.3 is 19.9 Å². The number of hydrogen-bond donors (Lipinski definition) is 2. The molecule has 122 valence electrons. The van der Waals surface area contributed by atoms with Gasteiger partial charge in [-0.3, -0.25) is 4.79 Å². The van der Waals surface area contributed by atoms with Crippen LogP contribution in [0.1, 0.15) is 24.2 Å². The number of nitrogens with one attached hydrogen (secondary N) is 1. The highest BCUT2D eigenvalue weighted by Gasteiger charge is 2.09. The molecule has 1 amide bonds. The summed E-state index contributed by atoms with van der Waals surface area (Å²) in [6.07, 6.45) is -0.350. The van der Waals surface area contributed by atoms with Gasteiger partial charge in [-0.1, -0.05) is 18.2 Å². The molecule has 0 spiro atoms. The van der Waals surface area contributed by atoms with Crippen molar-refractivity contribution in [3.8, 4) is 11.5 Å². The molecule has 23 heavy (non-hydrogen) atoms. The highest BCUT2D eigenvalue weighted by Crippen LogP contribution is 2.27. The van der Waals surface area contributed by atoms with Gasteiger partial charge in [0.2, 0.25) is 5.91 Å². The molecule has 2 rings (SSSR count). The molecular weight excluding hydrogens is 294 g/mol. The summed E-state index contributed by atoms with van der Waals surface area (Å²) in [6.45, 7) is 1.69. The van der Waals surface area contributed by atoms with Gasteiger partial charge in [-0.2, -0.15) is 0 Å². The highest BCUT2D eigenvalue weighted by atomic mass is 16.5. The molecule has 0 aliphatic rings. The van der Waals surface area contributed by atoms with Crippen LogP contribution in [0.15, 0.2) is 42.5 Å². The van der Waals surface area contributed by atoms with E-state index in [9.17, 15) is 9.90 Å². The maximum atomic E-state index is 12.2. The Morgan fingerprint density at radius 1 is 1.13 bits per heavy atom. The topological polar surface area (TPSA) is 67.8 Å². The molecular formula is C18H21NO4. The van der Waals surface area contributed by atoms with Crippen molar-refractivity contribution in [2.24, 2.45) is 0 Å². The van der Waals surface area contributed by atoms with Crippen molar-refractivity contribution in [1.82, 2.24) is 0 Å². The lowest BCUT2D eigenvalue weighted by Crippen LogP contribution is -2.14. The first-order chi connectivity index (χ1) is 11.0. The molecule has 5 nitrogen and oxygen atoms in total. The molecule has 2 aromatic carbocycles. The maximum Gasteiger partial charge on any atom is 0.228 e. The van der Waals surface area contributed by atoms with Crippen LogP contribution in [-0.2, 0) is 11.2 Å². The molecule has 0 aliphatic heterocycles. The van der Waals surface area contributed by atoms with Gasteiger partial charge in [0.15, 0.2) is 11.5 Å². The number of carbonyl (C=O) groups excluding carboxylic acids is 1. The predicted octanol–water partition coefficient (Wildman–Crippen LogP) is 2.94. The van der Waals surface area contributed by atoms with Crippen molar-refractivity contribution in [1.29, 1.82) is 0 Å². The third-order valence-corrected chi connectivity index (χ3v) is 3.47. The van der Waals surface area contributed by atoms with E-state index in [-0.39, 0.29) is 12.3 Å². The molecule has 2 aromatic rings. The first-order valence-electron chi connectivity index (χ1n) is 7.32. The summed E-state index contributed by atoms with van der Waals surface area (Å²) in [5.74, 6) is 1.08. The van der Waals surface area contributed by atoms with E-state index in [1.54, 1.807) is 51.5 Å². The molecule has 0 saturated heterocycles. The Labute approximate surface area is 135 Å². The summed E-state index contributed by atoms with van der Waals surface area (Å²) < 4.78 is 10.4. The smallest absolute Gasteiger partial charge is 0.228 e. The number of aliphatic hydroxyl groups excluding tert-OH is 1. The quantitative estimate of drug-likeness (QED) is 0.860. The SMILES string of the molecule is COc1ccc(CC(=O)Nc2cccc(C(C)O)c2)cc1OC. The lowest BCUT2D eigenvalue weighted by Gasteiger charge is -2.11. The standard InChI is InChI=1S/C18H21NO4/c1-12(20)14-5-4-6-15(11-14)19-18(21)10-13-7-8-16(22-2)17(9-13)23-3/h4-9,11-12,20H,10H2,1-3H3,(H,19,21). The Morgan fingerprint density at radius 2 is 1.87 bits per heavy atom. The largest absolute Gasteiger partial charge is 0.493 e. The monoisotopic (exact) mass is 315 g/mol. The Bertz CT molecular complexity index is 682. The van der Waals surface area contributed by atoms with Gasteiger partial charge in [-0.25, -0.2) is 0 Å². The zero-order valence-corrected chi connectivity index (χ0v) is 13.5. The third-order valence-electron chi connectivity index (χ3n) is 3.47. The fourth-order valence-electron chi connectivity index (χ4n) is 2.26. The first-order valence-corrected chi connectivity index (χ1v) is 7.32. The van der Waals surface area contributed by atoms with Crippen LogP contribution in [0.2, 0.25) is 0 Å². The summed E-state index contributed by atoms with van der Waals surface area (Å²) in [5.41, 5.74) is 2.25. The molecule has 0 bridgehead atoms. The van der Waals surface area contributed by atoms with Crippen LogP contribution >= 0.6 is 0 Å². The van der Waals surface area contributed by atoms with Crippen molar-refractivity contribution in [3.63, 3.8) is 0 Å². The van der Waals surface area contributed by atoms with Crippen LogP contribution in [-0.4, -0.2) is 25.2 Å². The average molecular weight is 315 g/mol. The predicted molar refractivity (Wildman–Crippen MR) is 89.0 cm³/mol. The van der Waals surface area contributed by atoms with E-state index in [2.05, 4.69) is 5.32 Å². The van der Waals surface area contributed by atoms with E-state index in [0.29, 0.717) is 17.2 Å². The van der Waals surface area contributed by atoms with Gasteiger partial charge >= 0.3 is 0 Å². The van der Waals surface area contributed by atoms with Gasteiger partial charge in [-0.05, 0) is 42.3 Å². The maximum absolute atomic E-state index is 12.2. The lowest BCUT2D eigenvalue weighted by molar-refractivity contribution is -0.115. The fourth-order valence-corrected chi connectivity index (χ4v) is 2.26. The minimum absolute atomic E-state index is 0.139. The second kappa shape index (κ2) is 7.65. The molecule has 0 aliphatic carbocycles. The number of hydrogen-bond acceptors (Lipinski definition) is 4. The molecule has 0 radical (unpaired) electrons. The van der Waals surface area contributed by atoms with Crippen LogP contribution in [0.3, 0.4) is 0 Å². The van der Waals surface area contributed by atoms with E-state index in [1.165, 1.54) is 0 Å². The van der Waals surface area contributed by atoms with Crippen LogP contribution in [0.5, 0.6) is 11.5 Å².